The summed E-state index contributed by atoms with van der Waals surface area (Å²) in [5.41, 5.74) is 2.62. The van der Waals surface area contributed by atoms with Crippen LogP contribution in [-0.2, 0) is 6.42 Å². The molecule has 0 saturated heterocycles. The van der Waals surface area contributed by atoms with E-state index in [-0.39, 0.29) is 0 Å². The van der Waals surface area contributed by atoms with Crippen LogP contribution < -0.4 is 4.74 Å². The number of aryl methyl sites for hydroxylation is 1. The molecule has 0 amide bonds. The third-order valence-corrected chi connectivity index (χ3v) is 2.84. The maximum Gasteiger partial charge on any atom is 0.130 e. The lowest BCUT2D eigenvalue weighted by Crippen LogP contribution is -1.94. The molecular weight excluding hydrogens is 208 g/mol. The molecule has 0 bridgehead atoms. The molecule has 1 nitrogen and oxygen atoms in total. The molecule has 0 saturated carbocycles. The first-order chi connectivity index (χ1) is 8.31. The standard InChI is InChI=1S/C16H18O/c1-3-8-15-13(2)9-7-12-16(15)17-14-10-5-4-6-11-14/h4-7,9-12H,3,8H2,1-2H3. The molecule has 2 rings (SSSR count). The number of para-hydroxylation sites is 1. The van der Waals surface area contributed by atoms with E-state index in [1.54, 1.807) is 0 Å². The van der Waals surface area contributed by atoms with Crippen LogP contribution in [-0.4, -0.2) is 0 Å². The third kappa shape index (κ3) is 2.88. The number of hydrogen-bond donors (Lipinski definition) is 0. The third-order valence-electron chi connectivity index (χ3n) is 2.84. The second-order valence-electron chi connectivity index (χ2n) is 4.22. The summed E-state index contributed by atoms with van der Waals surface area (Å²) in [6.07, 6.45) is 2.20. The molecule has 1 heteroatoms. The van der Waals surface area contributed by atoms with Gasteiger partial charge in [-0.1, -0.05) is 43.7 Å². The number of hydrogen-bond acceptors (Lipinski definition) is 1. The number of ether oxygens (including phenoxy) is 1. The fourth-order valence-electron chi connectivity index (χ4n) is 1.96. The van der Waals surface area contributed by atoms with E-state index in [0.29, 0.717) is 0 Å². The highest BCUT2D eigenvalue weighted by atomic mass is 16.5. The summed E-state index contributed by atoms with van der Waals surface area (Å²) in [7, 11) is 0. The molecule has 0 N–H and O–H groups in total. The molecule has 0 aromatic heterocycles. The van der Waals surface area contributed by atoms with Gasteiger partial charge in [-0.2, -0.15) is 0 Å². The summed E-state index contributed by atoms with van der Waals surface area (Å²) in [4.78, 5) is 0. The van der Waals surface area contributed by atoms with E-state index in [2.05, 4.69) is 19.9 Å². The summed E-state index contributed by atoms with van der Waals surface area (Å²) < 4.78 is 5.94. The molecule has 0 fully saturated rings. The Labute approximate surface area is 103 Å². The van der Waals surface area contributed by atoms with Crippen molar-refractivity contribution in [1.29, 1.82) is 0 Å². The van der Waals surface area contributed by atoms with Crippen LogP contribution in [0.2, 0.25) is 0 Å². The zero-order valence-corrected chi connectivity index (χ0v) is 10.4. The van der Waals surface area contributed by atoms with Gasteiger partial charge in [0.2, 0.25) is 0 Å². The summed E-state index contributed by atoms with van der Waals surface area (Å²) in [6.45, 7) is 4.33. The van der Waals surface area contributed by atoms with Crippen molar-refractivity contribution < 1.29 is 4.74 Å². The van der Waals surface area contributed by atoms with Crippen LogP contribution in [0, 0.1) is 6.92 Å². The quantitative estimate of drug-likeness (QED) is 0.731. The lowest BCUT2D eigenvalue weighted by molar-refractivity contribution is 0.475. The van der Waals surface area contributed by atoms with Gasteiger partial charge in [-0.15, -0.1) is 0 Å². The molecule has 0 aliphatic heterocycles. The Bertz CT molecular complexity index is 474. The molecule has 0 aliphatic carbocycles. The van der Waals surface area contributed by atoms with Crippen LogP contribution in [0.25, 0.3) is 0 Å². The minimum Gasteiger partial charge on any atom is -0.457 e. The first-order valence-corrected chi connectivity index (χ1v) is 6.12. The molecular formula is C16H18O. The minimum atomic E-state index is 0.899. The van der Waals surface area contributed by atoms with Crippen molar-refractivity contribution in [3.63, 3.8) is 0 Å². The van der Waals surface area contributed by atoms with Crippen LogP contribution in [0.5, 0.6) is 11.5 Å². The normalized spacial score (nSPS) is 10.2. The van der Waals surface area contributed by atoms with Gasteiger partial charge < -0.3 is 4.74 Å². The molecule has 0 spiro atoms. The summed E-state index contributed by atoms with van der Waals surface area (Å²) in [6, 6.07) is 16.2. The molecule has 0 aliphatic rings. The molecule has 0 unspecified atom stereocenters. The van der Waals surface area contributed by atoms with Gasteiger partial charge in [-0.25, -0.2) is 0 Å². The molecule has 0 atom stereocenters. The lowest BCUT2D eigenvalue weighted by Gasteiger charge is -2.12. The van der Waals surface area contributed by atoms with E-state index in [0.717, 1.165) is 24.3 Å². The molecule has 2 aromatic carbocycles. The predicted octanol–water partition coefficient (Wildman–Crippen LogP) is 4.74. The van der Waals surface area contributed by atoms with Crippen molar-refractivity contribution >= 4 is 0 Å². The van der Waals surface area contributed by atoms with E-state index >= 15 is 0 Å². The first-order valence-electron chi connectivity index (χ1n) is 6.12. The van der Waals surface area contributed by atoms with E-state index in [9.17, 15) is 0 Å². The fourth-order valence-corrected chi connectivity index (χ4v) is 1.96. The van der Waals surface area contributed by atoms with Crippen molar-refractivity contribution in [3.05, 3.63) is 59.7 Å². The number of benzene rings is 2. The zero-order valence-electron chi connectivity index (χ0n) is 10.4. The first kappa shape index (κ1) is 11.7. The van der Waals surface area contributed by atoms with Gasteiger partial charge in [0.25, 0.3) is 0 Å². The Hall–Kier alpha value is -1.76. The van der Waals surface area contributed by atoms with Gasteiger partial charge in [-0.3, -0.25) is 0 Å². The molecule has 88 valence electrons. The minimum absolute atomic E-state index is 0.899. The van der Waals surface area contributed by atoms with Crippen molar-refractivity contribution in [2.45, 2.75) is 26.7 Å². The van der Waals surface area contributed by atoms with Crippen LogP contribution >= 0.6 is 0 Å². The average molecular weight is 226 g/mol. The average Bonchev–Trinajstić information content (AvgIpc) is 2.35. The highest BCUT2D eigenvalue weighted by Gasteiger charge is 2.06. The Morgan fingerprint density at radius 1 is 0.941 bits per heavy atom. The van der Waals surface area contributed by atoms with E-state index in [4.69, 9.17) is 4.74 Å². The topological polar surface area (TPSA) is 9.23 Å². The summed E-state index contributed by atoms with van der Waals surface area (Å²) >= 11 is 0. The monoisotopic (exact) mass is 226 g/mol. The maximum atomic E-state index is 5.94. The summed E-state index contributed by atoms with van der Waals surface area (Å²) in [5, 5.41) is 0. The van der Waals surface area contributed by atoms with Crippen LogP contribution in [0.4, 0.5) is 0 Å². The molecule has 0 heterocycles. The predicted molar refractivity (Wildman–Crippen MR) is 71.7 cm³/mol. The second-order valence-corrected chi connectivity index (χ2v) is 4.22. The highest BCUT2D eigenvalue weighted by Crippen LogP contribution is 2.28. The van der Waals surface area contributed by atoms with Gasteiger partial charge in [-0.05, 0) is 42.7 Å². The highest BCUT2D eigenvalue weighted by molar-refractivity contribution is 5.42. The van der Waals surface area contributed by atoms with Gasteiger partial charge in [0.05, 0.1) is 0 Å². The molecule has 17 heavy (non-hydrogen) atoms. The Morgan fingerprint density at radius 3 is 2.41 bits per heavy atom. The van der Waals surface area contributed by atoms with E-state index < -0.39 is 0 Å². The molecule has 2 aromatic rings. The van der Waals surface area contributed by atoms with E-state index in [1.165, 1.54) is 11.1 Å². The zero-order chi connectivity index (χ0) is 12.1. The van der Waals surface area contributed by atoms with Gasteiger partial charge in [0, 0.05) is 0 Å². The van der Waals surface area contributed by atoms with Crippen LogP contribution in [0.3, 0.4) is 0 Å². The fraction of sp³-hybridized carbons (Fsp3) is 0.250. The SMILES string of the molecule is CCCc1c(C)cccc1Oc1ccccc1. The van der Waals surface area contributed by atoms with Gasteiger partial charge in [0.15, 0.2) is 0 Å². The van der Waals surface area contributed by atoms with Crippen molar-refractivity contribution in [2.24, 2.45) is 0 Å². The van der Waals surface area contributed by atoms with E-state index in [1.807, 2.05) is 42.5 Å². The summed E-state index contributed by atoms with van der Waals surface area (Å²) in [5.74, 6) is 1.88. The van der Waals surface area contributed by atoms with Gasteiger partial charge in [0.1, 0.15) is 11.5 Å². The molecule has 0 radical (unpaired) electrons. The van der Waals surface area contributed by atoms with Crippen molar-refractivity contribution in [3.8, 4) is 11.5 Å². The van der Waals surface area contributed by atoms with Gasteiger partial charge >= 0.3 is 0 Å². The Kier molecular flexibility index (Phi) is 3.81. The lowest BCUT2D eigenvalue weighted by atomic mass is 10.0. The largest absolute Gasteiger partial charge is 0.457 e. The van der Waals surface area contributed by atoms with Crippen LogP contribution in [0.1, 0.15) is 24.5 Å². The smallest absolute Gasteiger partial charge is 0.130 e. The Morgan fingerprint density at radius 2 is 1.71 bits per heavy atom. The van der Waals surface area contributed by atoms with Crippen molar-refractivity contribution in [2.75, 3.05) is 0 Å². The van der Waals surface area contributed by atoms with Crippen molar-refractivity contribution in [1.82, 2.24) is 0 Å². The maximum absolute atomic E-state index is 5.94. The number of rotatable bonds is 4. The second kappa shape index (κ2) is 5.53. The van der Waals surface area contributed by atoms with Crippen LogP contribution in [0.15, 0.2) is 48.5 Å². The Balaban J connectivity index is 2.29.